The molecule has 154 valence electrons. The molecule has 2 aliphatic rings. The van der Waals surface area contributed by atoms with Crippen LogP contribution in [0.25, 0.3) is 11.3 Å². The summed E-state index contributed by atoms with van der Waals surface area (Å²) in [5.74, 6) is 1.83. The molecule has 0 amide bonds. The summed E-state index contributed by atoms with van der Waals surface area (Å²) in [5.41, 5.74) is 6.82. The van der Waals surface area contributed by atoms with Crippen LogP contribution >= 0.6 is 0 Å². The quantitative estimate of drug-likeness (QED) is 0.320. The van der Waals surface area contributed by atoms with Gasteiger partial charge in [0.2, 0.25) is 0 Å². The van der Waals surface area contributed by atoms with Crippen LogP contribution in [-0.2, 0) is 11.0 Å². The number of para-hydroxylation sites is 1. The lowest BCUT2D eigenvalue weighted by Crippen LogP contribution is -2.38. The van der Waals surface area contributed by atoms with Crippen molar-refractivity contribution in [3.05, 3.63) is 101 Å². The summed E-state index contributed by atoms with van der Waals surface area (Å²) in [5, 5.41) is 4.85. The van der Waals surface area contributed by atoms with Gasteiger partial charge in [0.1, 0.15) is 17.0 Å². The molecule has 1 spiro atoms. The summed E-state index contributed by atoms with van der Waals surface area (Å²) in [4.78, 5) is 0. The summed E-state index contributed by atoms with van der Waals surface area (Å²) in [7, 11) is 0. The van der Waals surface area contributed by atoms with E-state index in [-0.39, 0.29) is 5.41 Å². The Morgan fingerprint density at radius 3 is 2.45 bits per heavy atom. The van der Waals surface area contributed by atoms with Gasteiger partial charge in [0.25, 0.3) is 0 Å². The first-order chi connectivity index (χ1) is 15.1. The van der Waals surface area contributed by atoms with E-state index in [0.29, 0.717) is 0 Å². The van der Waals surface area contributed by atoms with Gasteiger partial charge in [-0.1, -0.05) is 81.8 Å². The maximum Gasteiger partial charge on any atom is 0.146 e. The molecule has 0 saturated heterocycles. The molecular formula is C28H26N2O. The Balaban J connectivity index is 1.69. The summed E-state index contributed by atoms with van der Waals surface area (Å²) >= 11 is 0. The van der Waals surface area contributed by atoms with Crippen molar-refractivity contribution in [2.24, 2.45) is 0 Å². The van der Waals surface area contributed by atoms with E-state index < -0.39 is 5.54 Å². The summed E-state index contributed by atoms with van der Waals surface area (Å²) < 4.78 is 8.73. The zero-order chi connectivity index (χ0) is 21.2. The van der Waals surface area contributed by atoms with Gasteiger partial charge >= 0.3 is 0 Å². The Morgan fingerprint density at radius 2 is 1.61 bits per heavy atom. The zero-order valence-corrected chi connectivity index (χ0v) is 18.2. The van der Waals surface area contributed by atoms with Gasteiger partial charge in [-0.25, -0.2) is 4.68 Å². The molecule has 3 nitrogen and oxygen atoms in total. The highest BCUT2D eigenvalue weighted by molar-refractivity contribution is 5.78. The number of fused-ring (bicyclic) bond motifs is 9. The van der Waals surface area contributed by atoms with Crippen molar-refractivity contribution in [3.8, 4) is 22.8 Å². The van der Waals surface area contributed by atoms with Crippen LogP contribution in [0.5, 0.6) is 11.5 Å². The lowest BCUT2D eigenvalue weighted by molar-refractivity contribution is 0.379. The van der Waals surface area contributed by atoms with Crippen LogP contribution < -0.4 is 4.74 Å². The van der Waals surface area contributed by atoms with Gasteiger partial charge in [0, 0.05) is 22.9 Å². The second-order valence-electron chi connectivity index (χ2n) is 9.33. The molecule has 3 aromatic carbocycles. The van der Waals surface area contributed by atoms with Crippen molar-refractivity contribution in [1.82, 2.24) is 9.78 Å². The Hall–Kier alpha value is -3.33. The van der Waals surface area contributed by atoms with Gasteiger partial charge in [-0.05, 0) is 41.2 Å². The highest BCUT2D eigenvalue weighted by atomic mass is 16.5. The van der Waals surface area contributed by atoms with Crippen LogP contribution in [-0.4, -0.2) is 9.78 Å². The van der Waals surface area contributed by atoms with Crippen molar-refractivity contribution in [1.29, 1.82) is 0 Å². The first-order valence-corrected chi connectivity index (χ1v) is 11.1. The molecule has 2 aliphatic heterocycles. The maximum atomic E-state index is 6.54. The third-order valence-electron chi connectivity index (χ3n) is 7.08. The molecule has 1 unspecified atom stereocenters. The minimum atomic E-state index is -0.521. The average Bonchev–Trinajstić information content (AvgIpc) is 3.36. The van der Waals surface area contributed by atoms with Gasteiger partial charge in [-0.2, -0.15) is 5.10 Å². The van der Waals surface area contributed by atoms with Crippen LogP contribution in [0.15, 0.2) is 79.0 Å². The fourth-order valence-corrected chi connectivity index (χ4v) is 5.64. The lowest BCUT2D eigenvalue weighted by atomic mass is 9.73. The highest BCUT2D eigenvalue weighted by Crippen LogP contribution is 2.58. The highest BCUT2D eigenvalue weighted by Gasteiger charge is 2.52. The molecule has 0 N–H and O–H groups in total. The molecule has 31 heavy (non-hydrogen) atoms. The van der Waals surface area contributed by atoms with Crippen molar-refractivity contribution in [2.45, 2.75) is 44.6 Å². The molecule has 0 aliphatic carbocycles. The van der Waals surface area contributed by atoms with Crippen LogP contribution in [0.1, 0.15) is 55.9 Å². The monoisotopic (exact) mass is 406 g/mol. The molecule has 6 rings (SSSR count). The minimum absolute atomic E-state index is 0.0989. The Labute approximate surface area is 183 Å². The van der Waals surface area contributed by atoms with E-state index in [2.05, 4.69) is 92.2 Å². The molecule has 3 heteroatoms. The Bertz CT molecular complexity index is 1320. The first kappa shape index (κ1) is 18.4. The van der Waals surface area contributed by atoms with Crippen molar-refractivity contribution >= 4 is 0 Å². The molecule has 4 aromatic rings. The van der Waals surface area contributed by atoms with Crippen LogP contribution in [0.4, 0.5) is 0 Å². The van der Waals surface area contributed by atoms with Gasteiger partial charge in [0.15, 0.2) is 0 Å². The summed E-state index contributed by atoms with van der Waals surface area (Å²) in [6, 6.07) is 26.0. The summed E-state index contributed by atoms with van der Waals surface area (Å²) in [6.07, 6.45) is 4.20. The normalized spacial score (nSPS) is 18.2. The van der Waals surface area contributed by atoms with E-state index >= 15 is 0 Å². The fourth-order valence-electron chi connectivity index (χ4n) is 5.64. The minimum Gasteiger partial charge on any atom is -0.457 e. The molecule has 0 radical (unpaired) electrons. The second-order valence-corrected chi connectivity index (χ2v) is 9.33. The fraction of sp³-hybridized carbons (Fsp3) is 0.250. The molecule has 3 heterocycles. The lowest BCUT2D eigenvalue weighted by Gasteiger charge is -2.39. The van der Waals surface area contributed by atoms with Crippen LogP contribution in [0.3, 0.4) is 0 Å². The van der Waals surface area contributed by atoms with Gasteiger partial charge < -0.3 is 4.74 Å². The van der Waals surface area contributed by atoms with Crippen LogP contribution in [0.2, 0.25) is 0 Å². The number of rotatable bonds is 3. The predicted molar refractivity (Wildman–Crippen MR) is 124 cm³/mol. The summed E-state index contributed by atoms with van der Waals surface area (Å²) in [6.45, 7) is 6.89. The van der Waals surface area contributed by atoms with Gasteiger partial charge in [-0.15, -0.1) is 0 Å². The number of benzene rings is 3. The number of hydrogen-bond donors (Lipinski definition) is 0. The van der Waals surface area contributed by atoms with E-state index in [1.807, 2.05) is 12.3 Å². The van der Waals surface area contributed by atoms with Crippen molar-refractivity contribution in [3.63, 3.8) is 0 Å². The predicted octanol–water partition coefficient (Wildman–Crippen LogP) is 6.89. The van der Waals surface area contributed by atoms with Crippen molar-refractivity contribution < 1.29 is 4.74 Å². The van der Waals surface area contributed by atoms with E-state index in [9.17, 15) is 0 Å². The SMILES string of the molecule is CCCC(C)(C)c1ccc2c(c1)Oc1ccccc1C21c2ccccc2-c2ccnn21. The van der Waals surface area contributed by atoms with Crippen LogP contribution in [0, 0.1) is 0 Å². The van der Waals surface area contributed by atoms with E-state index in [0.717, 1.165) is 41.2 Å². The third kappa shape index (κ3) is 2.32. The molecule has 1 atom stereocenters. The molecular weight excluding hydrogens is 380 g/mol. The number of hydrogen-bond acceptors (Lipinski definition) is 2. The smallest absolute Gasteiger partial charge is 0.146 e. The largest absolute Gasteiger partial charge is 0.457 e. The van der Waals surface area contributed by atoms with E-state index in [1.165, 1.54) is 16.7 Å². The maximum absolute atomic E-state index is 6.54. The zero-order valence-electron chi connectivity index (χ0n) is 18.2. The standard InChI is InChI=1S/C28H26N2O/c1-4-16-27(2,3)19-13-14-23-26(18-19)31-25-12-8-7-11-22(25)28(23)21-10-6-5-9-20(21)24-15-17-29-30(24)28/h5-15,17-18H,4,16H2,1-3H3. The van der Waals surface area contributed by atoms with E-state index in [1.54, 1.807) is 0 Å². The molecule has 1 aromatic heterocycles. The number of ether oxygens (including phenoxy) is 1. The molecule has 0 fully saturated rings. The molecule has 0 bridgehead atoms. The van der Waals surface area contributed by atoms with E-state index in [4.69, 9.17) is 9.84 Å². The molecule has 0 saturated carbocycles. The number of aromatic nitrogens is 2. The van der Waals surface area contributed by atoms with Gasteiger partial charge in [-0.3, -0.25) is 0 Å². The third-order valence-corrected chi connectivity index (χ3v) is 7.08. The topological polar surface area (TPSA) is 27.1 Å². The Kier molecular flexibility index (Phi) is 3.77. The Morgan fingerprint density at radius 1 is 0.871 bits per heavy atom. The average molecular weight is 407 g/mol. The number of nitrogens with zero attached hydrogens (tertiary/aromatic N) is 2. The van der Waals surface area contributed by atoms with Crippen molar-refractivity contribution in [2.75, 3.05) is 0 Å². The van der Waals surface area contributed by atoms with Gasteiger partial charge in [0.05, 0.1) is 5.69 Å². The second kappa shape index (κ2) is 6.34. The first-order valence-electron chi connectivity index (χ1n) is 11.1.